The van der Waals surface area contributed by atoms with E-state index in [4.69, 9.17) is 4.42 Å². The van der Waals surface area contributed by atoms with Crippen LogP contribution in [0.4, 0.5) is 0 Å². The first-order chi connectivity index (χ1) is 13.4. The number of aryl methyl sites for hydroxylation is 1. The summed E-state index contributed by atoms with van der Waals surface area (Å²) in [7, 11) is 3.21. The Kier molecular flexibility index (Phi) is 6.03. The van der Waals surface area contributed by atoms with Gasteiger partial charge in [0.2, 0.25) is 0 Å². The molecule has 9 heteroatoms. The Morgan fingerprint density at radius 2 is 2.07 bits per heavy atom. The van der Waals surface area contributed by atoms with E-state index in [-0.39, 0.29) is 23.9 Å². The summed E-state index contributed by atoms with van der Waals surface area (Å²) in [5.41, 5.74) is 2.44. The summed E-state index contributed by atoms with van der Waals surface area (Å²) in [4.78, 5) is 24.1. The van der Waals surface area contributed by atoms with E-state index in [1.807, 2.05) is 37.6 Å². The number of methoxy groups -OCH3 is 1. The van der Waals surface area contributed by atoms with Crippen LogP contribution in [0.15, 0.2) is 34.0 Å². The Balaban J connectivity index is 1.68. The third kappa shape index (κ3) is 4.04. The molecule has 3 aromatic heterocycles. The highest BCUT2D eigenvalue weighted by atomic mass is 32.2. The molecule has 0 aliphatic carbocycles. The molecular weight excluding hydrogens is 380 g/mol. The maximum Gasteiger partial charge on any atom is 0.307 e. The van der Waals surface area contributed by atoms with Gasteiger partial charge < -0.3 is 18.3 Å². The highest BCUT2D eigenvalue weighted by Gasteiger charge is 2.19. The summed E-state index contributed by atoms with van der Waals surface area (Å²) in [6.45, 7) is 4.30. The molecule has 0 aromatic carbocycles. The second kappa shape index (κ2) is 8.47. The van der Waals surface area contributed by atoms with Crippen LogP contribution >= 0.6 is 11.8 Å². The van der Waals surface area contributed by atoms with E-state index in [0.717, 1.165) is 11.4 Å². The van der Waals surface area contributed by atoms with Gasteiger partial charge in [-0.15, -0.1) is 10.2 Å². The molecule has 0 atom stereocenters. The van der Waals surface area contributed by atoms with Gasteiger partial charge in [0.1, 0.15) is 0 Å². The molecule has 0 saturated carbocycles. The molecule has 0 bridgehead atoms. The molecule has 0 aliphatic heterocycles. The summed E-state index contributed by atoms with van der Waals surface area (Å²) in [6, 6.07) is 5.46. The lowest BCUT2D eigenvalue weighted by Crippen LogP contribution is -2.11. The molecular formula is C19H22N4O4S. The number of nitrogens with zero attached hydrogens (tertiary/aromatic N) is 4. The molecule has 0 N–H and O–H groups in total. The second-order valence-corrected chi connectivity index (χ2v) is 7.26. The zero-order valence-corrected chi connectivity index (χ0v) is 17.1. The van der Waals surface area contributed by atoms with E-state index in [1.54, 1.807) is 16.9 Å². The maximum absolute atomic E-state index is 12.7. The molecule has 0 unspecified atom stereocenters. The number of furan rings is 1. The summed E-state index contributed by atoms with van der Waals surface area (Å²) < 4.78 is 13.8. The van der Waals surface area contributed by atoms with Crippen molar-refractivity contribution in [2.45, 2.75) is 32.0 Å². The first-order valence-corrected chi connectivity index (χ1v) is 9.73. The Morgan fingerprint density at radius 1 is 1.29 bits per heavy atom. The quantitative estimate of drug-likeness (QED) is 0.325. The topological polar surface area (TPSA) is 92.2 Å². The van der Waals surface area contributed by atoms with Gasteiger partial charge in [-0.05, 0) is 32.0 Å². The number of hydrogen-bond donors (Lipinski definition) is 0. The molecule has 0 aliphatic rings. The van der Waals surface area contributed by atoms with E-state index in [2.05, 4.69) is 14.9 Å². The molecule has 8 nitrogen and oxygen atoms in total. The van der Waals surface area contributed by atoms with Gasteiger partial charge in [-0.25, -0.2) is 0 Å². The summed E-state index contributed by atoms with van der Waals surface area (Å²) in [5.74, 6) is 1.21. The predicted molar refractivity (Wildman–Crippen MR) is 104 cm³/mol. The Bertz CT molecular complexity index is 988. The first-order valence-electron chi connectivity index (χ1n) is 8.75. The third-order valence-electron chi connectivity index (χ3n) is 4.55. The average Bonchev–Trinajstić information content (AvgIpc) is 3.39. The molecule has 0 spiro atoms. The monoisotopic (exact) mass is 402 g/mol. The molecule has 0 radical (unpaired) electrons. The molecule has 0 fully saturated rings. The fourth-order valence-corrected chi connectivity index (χ4v) is 3.80. The minimum absolute atomic E-state index is 0.00460. The third-order valence-corrected chi connectivity index (χ3v) is 5.57. The highest BCUT2D eigenvalue weighted by molar-refractivity contribution is 7.99. The molecule has 3 aromatic rings. The normalized spacial score (nSPS) is 11.0. The van der Waals surface area contributed by atoms with Crippen molar-refractivity contribution in [3.05, 3.63) is 41.4 Å². The molecule has 3 heterocycles. The molecule has 0 amide bonds. The Hall–Kier alpha value is -2.81. The lowest BCUT2D eigenvalue weighted by Gasteiger charge is -2.08. The number of rotatable bonds is 8. The zero-order chi connectivity index (χ0) is 20.3. The van der Waals surface area contributed by atoms with Gasteiger partial charge in [0.25, 0.3) is 0 Å². The summed E-state index contributed by atoms with van der Waals surface area (Å²) >= 11 is 1.33. The van der Waals surface area contributed by atoms with Crippen molar-refractivity contribution in [3.63, 3.8) is 0 Å². The van der Waals surface area contributed by atoms with Crippen LogP contribution in [0, 0.1) is 13.8 Å². The van der Waals surface area contributed by atoms with Crippen LogP contribution < -0.4 is 0 Å². The number of Topliss-reactive ketones (excluding diaryl/α,β-unsaturated/α-hetero) is 1. The number of carbonyl (C=O) groups is 2. The number of carbonyl (C=O) groups excluding carboxylic acids is 2. The van der Waals surface area contributed by atoms with Crippen molar-refractivity contribution in [3.8, 4) is 11.6 Å². The number of aromatic nitrogens is 4. The minimum atomic E-state index is -0.273. The van der Waals surface area contributed by atoms with Crippen LogP contribution in [-0.2, 0) is 23.1 Å². The largest absolute Gasteiger partial charge is 0.469 e. The fraction of sp³-hybridized carbons (Fsp3) is 0.368. The number of hydrogen-bond acceptors (Lipinski definition) is 7. The van der Waals surface area contributed by atoms with Gasteiger partial charge in [-0.2, -0.15) is 0 Å². The summed E-state index contributed by atoms with van der Waals surface area (Å²) in [5, 5.41) is 8.92. The van der Waals surface area contributed by atoms with Crippen molar-refractivity contribution in [2.24, 2.45) is 7.05 Å². The number of ketones is 1. The van der Waals surface area contributed by atoms with Crippen LogP contribution in [-0.4, -0.2) is 43.9 Å². The van der Waals surface area contributed by atoms with Crippen LogP contribution in [0.2, 0.25) is 0 Å². The van der Waals surface area contributed by atoms with E-state index >= 15 is 0 Å². The van der Waals surface area contributed by atoms with Crippen molar-refractivity contribution in [1.82, 2.24) is 19.3 Å². The smallest absolute Gasteiger partial charge is 0.307 e. The molecule has 0 saturated heterocycles. The van der Waals surface area contributed by atoms with Crippen LogP contribution in [0.3, 0.4) is 0 Å². The standard InChI is InChI=1S/C19H22N4O4S/c1-12-10-14(13(2)23(12)8-7-17(25)26-4)15(24)11-28-19-21-20-18(22(19)3)16-6-5-9-27-16/h5-6,9-10H,7-8,11H2,1-4H3. The molecule has 28 heavy (non-hydrogen) atoms. The lowest BCUT2D eigenvalue weighted by atomic mass is 10.2. The van der Waals surface area contributed by atoms with Gasteiger partial charge in [-0.3, -0.25) is 9.59 Å². The van der Waals surface area contributed by atoms with Gasteiger partial charge >= 0.3 is 5.97 Å². The van der Waals surface area contributed by atoms with E-state index in [1.165, 1.54) is 18.9 Å². The van der Waals surface area contributed by atoms with Gasteiger partial charge in [0.05, 0.1) is 25.5 Å². The zero-order valence-electron chi connectivity index (χ0n) is 16.3. The maximum atomic E-state index is 12.7. The Morgan fingerprint density at radius 3 is 2.75 bits per heavy atom. The van der Waals surface area contributed by atoms with E-state index in [0.29, 0.717) is 28.8 Å². The minimum Gasteiger partial charge on any atom is -0.469 e. The molecule has 148 valence electrons. The van der Waals surface area contributed by atoms with Gasteiger partial charge in [0, 0.05) is 30.5 Å². The predicted octanol–water partition coefficient (Wildman–Crippen LogP) is 3.03. The van der Waals surface area contributed by atoms with Crippen LogP contribution in [0.5, 0.6) is 0 Å². The van der Waals surface area contributed by atoms with Gasteiger partial charge in [0.15, 0.2) is 22.5 Å². The van der Waals surface area contributed by atoms with Crippen molar-refractivity contribution < 1.29 is 18.7 Å². The van der Waals surface area contributed by atoms with Crippen LogP contribution in [0.25, 0.3) is 11.6 Å². The second-order valence-electron chi connectivity index (χ2n) is 6.32. The first kappa shape index (κ1) is 19.9. The Labute approximate surface area is 166 Å². The summed E-state index contributed by atoms with van der Waals surface area (Å²) in [6.07, 6.45) is 1.85. The van der Waals surface area contributed by atoms with Crippen molar-refractivity contribution in [1.29, 1.82) is 0 Å². The van der Waals surface area contributed by atoms with Crippen molar-refractivity contribution >= 4 is 23.5 Å². The van der Waals surface area contributed by atoms with E-state index in [9.17, 15) is 9.59 Å². The fourth-order valence-electron chi connectivity index (χ4n) is 3.00. The highest BCUT2D eigenvalue weighted by Crippen LogP contribution is 2.24. The van der Waals surface area contributed by atoms with Crippen LogP contribution in [0.1, 0.15) is 28.2 Å². The van der Waals surface area contributed by atoms with E-state index < -0.39 is 0 Å². The average molecular weight is 402 g/mol. The molecule has 3 rings (SSSR count). The lowest BCUT2D eigenvalue weighted by molar-refractivity contribution is -0.140. The SMILES string of the molecule is COC(=O)CCn1c(C)cc(C(=O)CSc2nnc(-c3ccco3)n2C)c1C. The number of thioether (sulfide) groups is 1. The number of esters is 1. The number of ether oxygens (including phenoxy) is 1. The van der Waals surface area contributed by atoms with Crippen molar-refractivity contribution in [2.75, 3.05) is 12.9 Å². The van der Waals surface area contributed by atoms with Gasteiger partial charge in [-0.1, -0.05) is 11.8 Å².